The number of anilines is 1. The lowest BCUT2D eigenvalue weighted by Crippen LogP contribution is -2.21. The van der Waals surface area contributed by atoms with Crippen LogP contribution in [0.1, 0.15) is 32.6 Å². The first kappa shape index (κ1) is 14.1. The van der Waals surface area contributed by atoms with Crippen LogP contribution in [0.15, 0.2) is 18.2 Å². The molecule has 0 spiro atoms. The standard InChI is InChI=1S/C14H19ClN2O2/c1-10-4-2-5-11(8-10)9-16-13-7-3-6-12(15)14(13)17(18)19/h3,6-7,10-11,16H,2,4-5,8-9H2,1H3. The molecule has 2 atom stereocenters. The monoisotopic (exact) mass is 282 g/mol. The van der Waals surface area contributed by atoms with Gasteiger partial charge in [-0.3, -0.25) is 10.1 Å². The number of para-hydroxylation sites is 1. The summed E-state index contributed by atoms with van der Waals surface area (Å²) in [5.41, 5.74) is 0.503. The molecule has 1 aliphatic rings. The zero-order valence-electron chi connectivity index (χ0n) is 11.1. The highest BCUT2D eigenvalue weighted by Gasteiger charge is 2.21. The number of halogens is 1. The normalized spacial score (nSPS) is 23.1. The van der Waals surface area contributed by atoms with Crippen molar-refractivity contribution in [3.05, 3.63) is 33.3 Å². The van der Waals surface area contributed by atoms with Gasteiger partial charge in [-0.05, 0) is 36.8 Å². The molecule has 1 fully saturated rings. The Hall–Kier alpha value is -1.29. The number of hydrogen-bond donors (Lipinski definition) is 1. The molecule has 0 radical (unpaired) electrons. The van der Waals surface area contributed by atoms with E-state index >= 15 is 0 Å². The lowest BCUT2D eigenvalue weighted by Gasteiger charge is -2.27. The van der Waals surface area contributed by atoms with E-state index < -0.39 is 4.92 Å². The van der Waals surface area contributed by atoms with Crippen LogP contribution in [0.2, 0.25) is 5.02 Å². The number of hydrogen-bond acceptors (Lipinski definition) is 3. The Morgan fingerprint density at radius 1 is 1.47 bits per heavy atom. The Labute approximate surface area is 118 Å². The number of nitrogens with zero attached hydrogens (tertiary/aromatic N) is 1. The summed E-state index contributed by atoms with van der Waals surface area (Å²) in [7, 11) is 0. The number of benzene rings is 1. The molecule has 1 aliphatic carbocycles. The van der Waals surface area contributed by atoms with Crippen LogP contribution in [0.3, 0.4) is 0 Å². The molecule has 1 N–H and O–H groups in total. The summed E-state index contributed by atoms with van der Waals surface area (Å²) >= 11 is 5.89. The van der Waals surface area contributed by atoms with Crippen molar-refractivity contribution in [2.45, 2.75) is 32.6 Å². The van der Waals surface area contributed by atoms with Gasteiger partial charge in [0.05, 0.1) is 4.92 Å². The summed E-state index contributed by atoms with van der Waals surface area (Å²) in [4.78, 5) is 10.6. The van der Waals surface area contributed by atoms with Gasteiger partial charge in [0.1, 0.15) is 10.7 Å². The summed E-state index contributed by atoms with van der Waals surface area (Å²) < 4.78 is 0. The molecule has 2 unspecified atom stereocenters. The van der Waals surface area contributed by atoms with Crippen LogP contribution in [-0.2, 0) is 0 Å². The van der Waals surface area contributed by atoms with Gasteiger partial charge in [0, 0.05) is 6.54 Å². The smallest absolute Gasteiger partial charge is 0.310 e. The summed E-state index contributed by atoms with van der Waals surface area (Å²) in [6.07, 6.45) is 4.95. The van der Waals surface area contributed by atoms with Crippen LogP contribution >= 0.6 is 11.6 Å². The fraction of sp³-hybridized carbons (Fsp3) is 0.571. The molecule has 2 rings (SSSR count). The van der Waals surface area contributed by atoms with Crippen molar-refractivity contribution in [3.63, 3.8) is 0 Å². The van der Waals surface area contributed by atoms with Crippen molar-refractivity contribution < 1.29 is 4.92 Å². The highest BCUT2D eigenvalue weighted by atomic mass is 35.5. The summed E-state index contributed by atoms with van der Waals surface area (Å²) in [5, 5.41) is 14.4. The van der Waals surface area contributed by atoms with Crippen molar-refractivity contribution >= 4 is 23.0 Å². The second kappa shape index (κ2) is 6.24. The van der Waals surface area contributed by atoms with Crippen LogP contribution in [0.4, 0.5) is 11.4 Å². The second-order valence-corrected chi connectivity index (χ2v) is 5.82. The predicted molar refractivity (Wildman–Crippen MR) is 77.7 cm³/mol. The topological polar surface area (TPSA) is 55.2 Å². The van der Waals surface area contributed by atoms with Crippen molar-refractivity contribution in [2.24, 2.45) is 11.8 Å². The minimum Gasteiger partial charge on any atom is -0.379 e. The molecule has 5 heteroatoms. The van der Waals surface area contributed by atoms with Crippen molar-refractivity contribution in [1.82, 2.24) is 0 Å². The van der Waals surface area contributed by atoms with Gasteiger partial charge in [-0.25, -0.2) is 0 Å². The van der Waals surface area contributed by atoms with Crippen LogP contribution in [0, 0.1) is 22.0 Å². The number of nitro groups is 1. The molecule has 0 heterocycles. The van der Waals surface area contributed by atoms with E-state index in [1.807, 2.05) is 0 Å². The van der Waals surface area contributed by atoms with Crippen molar-refractivity contribution in [2.75, 3.05) is 11.9 Å². The van der Waals surface area contributed by atoms with Gasteiger partial charge in [0.15, 0.2) is 0 Å². The molecular weight excluding hydrogens is 264 g/mol. The van der Waals surface area contributed by atoms with E-state index in [4.69, 9.17) is 11.6 Å². The minimum absolute atomic E-state index is 0.0203. The number of nitrogens with one attached hydrogen (secondary N) is 1. The highest BCUT2D eigenvalue weighted by molar-refractivity contribution is 6.33. The third-order valence-electron chi connectivity index (χ3n) is 3.80. The van der Waals surface area contributed by atoms with Gasteiger partial charge >= 0.3 is 5.69 Å². The molecule has 1 saturated carbocycles. The maximum atomic E-state index is 11.0. The van der Waals surface area contributed by atoms with Crippen molar-refractivity contribution in [3.8, 4) is 0 Å². The van der Waals surface area contributed by atoms with E-state index in [9.17, 15) is 10.1 Å². The van der Waals surface area contributed by atoms with E-state index in [1.165, 1.54) is 25.7 Å². The first-order valence-corrected chi connectivity index (χ1v) is 7.12. The van der Waals surface area contributed by atoms with Crippen LogP contribution in [-0.4, -0.2) is 11.5 Å². The Balaban J connectivity index is 2.03. The molecule has 19 heavy (non-hydrogen) atoms. The Kier molecular flexibility index (Phi) is 4.64. The Morgan fingerprint density at radius 2 is 2.26 bits per heavy atom. The molecular formula is C14H19ClN2O2. The van der Waals surface area contributed by atoms with Crippen LogP contribution in [0.25, 0.3) is 0 Å². The van der Waals surface area contributed by atoms with E-state index in [-0.39, 0.29) is 10.7 Å². The average Bonchev–Trinajstić information content (AvgIpc) is 2.36. The largest absolute Gasteiger partial charge is 0.379 e. The van der Waals surface area contributed by atoms with E-state index in [0.29, 0.717) is 11.6 Å². The van der Waals surface area contributed by atoms with E-state index in [0.717, 1.165) is 12.5 Å². The van der Waals surface area contributed by atoms with Gasteiger partial charge in [0.25, 0.3) is 0 Å². The Bertz CT molecular complexity index is 465. The number of nitro benzene ring substituents is 1. The minimum atomic E-state index is -0.422. The van der Waals surface area contributed by atoms with Crippen LogP contribution in [0.5, 0.6) is 0 Å². The van der Waals surface area contributed by atoms with Gasteiger partial charge in [0.2, 0.25) is 0 Å². The summed E-state index contributed by atoms with van der Waals surface area (Å²) in [5.74, 6) is 1.36. The number of rotatable bonds is 4. The molecule has 0 bridgehead atoms. The zero-order valence-corrected chi connectivity index (χ0v) is 11.8. The van der Waals surface area contributed by atoms with Gasteiger partial charge < -0.3 is 5.32 Å². The second-order valence-electron chi connectivity index (χ2n) is 5.41. The molecule has 1 aromatic rings. The van der Waals surface area contributed by atoms with E-state index in [2.05, 4.69) is 12.2 Å². The first-order valence-electron chi connectivity index (χ1n) is 6.74. The zero-order chi connectivity index (χ0) is 13.8. The predicted octanol–water partition coefficient (Wildman–Crippen LogP) is 4.49. The van der Waals surface area contributed by atoms with Gasteiger partial charge in [-0.1, -0.05) is 37.4 Å². The molecule has 104 valence electrons. The maximum Gasteiger partial charge on any atom is 0.310 e. The van der Waals surface area contributed by atoms with E-state index in [1.54, 1.807) is 18.2 Å². The fourth-order valence-electron chi connectivity index (χ4n) is 2.84. The van der Waals surface area contributed by atoms with Crippen molar-refractivity contribution in [1.29, 1.82) is 0 Å². The molecule has 4 nitrogen and oxygen atoms in total. The quantitative estimate of drug-likeness (QED) is 0.654. The lowest BCUT2D eigenvalue weighted by atomic mass is 9.82. The third-order valence-corrected chi connectivity index (χ3v) is 4.10. The van der Waals surface area contributed by atoms with Gasteiger partial charge in [-0.15, -0.1) is 0 Å². The Morgan fingerprint density at radius 3 is 2.95 bits per heavy atom. The maximum absolute atomic E-state index is 11.0. The summed E-state index contributed by atoms with van der Waals surface area (Å²) in [6.45, 7) is 3.06. The highest BCUT2D eigenvalue weighted by Crippen LogP contribution is 2.34. The first-order chi connectivity index (χ1) is 9.08. The van der Waals surface area contributed by atoms with Gasteiger partial charge in [-0.2, -0.15) is 0 Å². The molecule has 1 aromatic carbocycles. The summed E-state index contributed by atoms with van der Waals surface area (Å²) in [6, 6.07) is 5.00. The fourth-order valence-corrected chi connectivity index (χ4v) is 3.09. The van der Waals surface area contributed by atoms with Crippen LogP contribution < -0.4 is 5.32 Å². The lowest BCUT2D eigenvalue weighted by molar-refractivity contribution is -0.383. The molecule has 0 saturated heterocycles. The SMILES string of the molecule is CC1CCCC(CNc2cccc(Cl)c2[N+](=O)[O-])C1. The molecule has 0 aromatic heterocycles. The third kappa shape index (κ3) is 3.60. The average molecular weight is 283 g/mol. The molecule has 0 amide bonds. The molecule has 0 aliphatic heterocycles.